The number of rotatable bonds is 3. The van der Waals surface area contributed by atoms with Crippen molar-refractivity contribution in [3.63, 3.8) is 0 Å². The SMILES string of the molecule is NNC(=O)C1(CC(F)F)CC1. The molecule has 0 radical (unpaired) electrons. The van der Waals surface area contributed by atoms with E-state index < -0.39 is 17.7 Å². The van der Waals surface area contributed by atoms with Gasteiger partial charge in [0, 0.05) is 6.42 Å². The van der Waals surface area contributed by atoms with E-state index in [4.69, 9.17) is 5.84 Å². The zero-order valence-electron chi connectivity index (χ0n) is 5.94. The third-order valence-corrected chi connectivity index (χ3v) is 2.01. The van der Waals surface area contributed by atoms with Crippen LogP contribution in [0.1, 0.15) is 19.3 Å². The van der Waals surface area contributed by atoms with Gasteiger partial charge in [-0.25, -0.2) is 14.6 Å². The molecule has 5 heteroatoms. The van der Waals surface area contributed by atoms with Crippen molar-refractivity contribution in [3.05, 3.63) is 0 Å². The first-order valence-corrected chi connectivity index (χ1v) is 3.40. The number of nitrogens with one attached hydrogen (secondary N) is 1. The summed E-state index contributed by atoms with van der Waals surface area (Å²) in [5.41, 5.74) is 1.06. The van der Waals surface area contributed by atoms with Crippen LogP contribution >= 0.6 is 0 Å². The minimum Gasteiger partial charge on any atom is -0.294 e. The van der Waals surface area contributed by atoms with E-state index in [1.807, 2.05) is 5.43 Å². The van der Waals surface area contributed by atoms with Gasteiger partial charge in [0.25, 0.3) is 0 Å². The summed E-state index contributed by atoms with van der Waals surface area (Å²) in [6.45, 7) is 0. The molecule has 0 aromatic carbocycles. The molecule has 0 spiro atoms. The molecule has 11 heavy (non-hydrogen) atoms. The van der Waals surface area contributed by atoms with Gasteiger partial charge in [0.15, 0.2) is 0 Å². The molecule has 3 nitrogen and oxygen atoms in total. The van der Waals surface area contributed by atoms with Crippen LogP contribution in [-0.4, -0.2) is 12.3 Å². The number of hydrogen-bond donors (Lipinski definition) is 2. The van der Waals surface area contributed by atoms with E-state index in [0.29, 0.717) is 12.8 Å². The van der Waals surface area contributed by atoms with Crippen LogP contribution in [0.5, 0.6) is 0 Å². The first-order chi connectivity index (χ1) is 5.10. The number of carbonyl (C=O) groups is 1. The van der Waals surface area contributed by atoms with Gasteiger partial charge in [-0.15, -0.1) is 0 Å². The van der Waals surface area contributed by atoms with Crippen molar-refractivity contribution in [3.8, 4) is 0 Å². The Labute approximate surface area is 62.9 Å². The largest absolute Gasteiger partial charge is 0.294 e. The summed E-state index contributed by atoms with van der Waals surface area (Å²) >= 11 is 0. The van der Waals surface area contributed by atoms with Gasteiger partial charge in [-0.2, -0.15) is 0 Å². The van der Waals surface area contributed by atoms with E-state index in [1.54, 1.807) is 0 Å². The zero-order chi connectivity index (χ0) is 8.48. The predicted octanol–water partition coefficient (Wildman–Crippen LogP) is 0.412. The van der Waals surface area contributed by atoms with Gasteiger partial charge in [0.2, 0.25) is 12.3 Å². The Bertz CT molecular complexity index is 168. The molecule has 0 bridgehead atoms. The summed E-state index contributed by atoms with van der Waals surface area (Å²) in [6, 6.07) is 0. The highest BCUT2D eigenvalue weighted by molar-refractivity contribution is 5.84. The first-order valence-electron chi connectivity index (χ1n) is 3.40. The van der Waals surface area contributed by atoms with E-state index in [-0.39, 0.29) is 6.42 Å². The molecule has 1 rings (SSSR count). The highest BCUT2D eigenvalue weighted by atomic mass is 19.3. The molecule has 3 N–H and O–H groups in total. The lowest BCUT2D eigenvalue weighted by molar-refractivity contribution is -0.127. The average molecular weight is 164 g/mol. The lowest BCUT2D eigenvalue weighted by atomic mass is 10.0. The maximum absolute atomic E-state index is 11.8. The standard InChI is InChI=1S/C6H10F2N2O/c7-4(8)3-6(1-2-6)5(11)10-9/h4H,1-3,9H2,(H,10,11). The predicted molar refractivity (Wildman–Crippen MR) is 34.6 cm³/mol. The second-order valence-electron chi connectivity index (χ2n) is 2.85. The van der Waals surface area contributed by atoms with Gasteiger partial charge in [0.1, 0.15) is 0 Å². The first kappa shape index (κ1) is 8.39. The Balaban J connectivity index is 2.47. The highest BCUT2D eigenvalue weighted by Crippen LogP contribution is 2.50. The number of nitrogens with two attached hydrogens (primary N) is 1. The zero-order valence-corrected chi connectivity index (χ0v) is 5.94. The van der Waals surface area contributed by atoms with Gasteiger partial charge in [0.05, 0.1) is 5.41 Å². The van der Waals surface area contributed by atoms with E-state index in [2.05, 4.69) is 0 Å². The molecule has 1 saturated carbocycles. The number of hydrogen-bond acceptors (Lipinski definition) is 2. The van der Waals surface area contributed by atoms with E-state index in [0.717, 1.165) is 0 Å². The van der Waals surface area contributed by atoms with Crippen molar-refractivity contribution in [2.75, 3.05) is 0 Å². The van der Waals surface area contributed by atoms with Gasteiger partial charge in [-0.1, -0.05) is 0 Å². The van der Waals surface area contributed by atoms with Crippen molar-refractivity contribution in [1.29, 1.82) is 0 Å². The number of alkyl halides is 2. The molecule has 1 aliphatic rings. The van der Waals surface area contributed by atoms with E-state index in [9.17, 15) is 13.6 Å². The molecule has 1 amide bonds. The van der Waals surface area contributed by atoms with Gasteiger partial charge in [-0.3, -0.25) is 10.2 Å². The second-order valence-corrected chi connectivity index (χ2v) is 2.85. The smallest absolute Gasteiger partial charge is 0.240 e. The van der Waals surface area contributed by atoms with Gasteiger partial charge >= 0.3 is 0 Å². The second kappa shape index (κ2) is 2.73. The van der Waals surface area contributed by atoms with Gasteiger partial charge in [-0.05, 0) is 12.8 Å². The number of halogens is 2. The number of hydrazine groups is 1. The average Bonchev–Trinajstić information content (AvgIpc) is 2.67. The summed E-state index contributed by atoms with van der Waals surface area (Å²) in [6.07, 6.45) is -1.73. The maximum atomic E-state index is 11.8. The number of carbonyl (C=O) groups excluding carboxylic acids is 1. The van der Waals surface area contributed by atoms with Crippen LogP contribution in [0, 0.1) is 5.41 Å². The van der Waals surface area contributed by atoms with Crippen molar-refractivity contribution < 1.29 is 13.6 Å². The molecule has 0 aromatic heterocycles. The van der Waals surface area contributed by atoms with Crippen LogP contribution in [0.3, 0.4) is 0 Å². The molecule has 0 unspecified atom stereocenters. The van der Waals surface area contributed by atoms with Crippen LogP contribution in [0.25, 0.3) is 0 Å². The van der Waals surface area contributed by atoms with E-state index >= 15 is 0 Å². The molecule has 0 aromatic rings. The molecular formula is C6H10F2N2O. The molecule has 1 aliphatic carbocycles. The van der Waals surface area contributed by atoms with Crippen LogP contribution in [0.15, 0.2) is 0 Å². The van der Waals surface area contributed by atoms with Crippen LogP contribution in [-0.2, 0) is 4.79 Å². The molecule has 64 valence electrons. The third-order valence-electron chi connectivity index (χ3n) is 2.01. The lowest BCUT2D eigenvalue weighted by Gasteiger charge is -2.11. The molecule has 0 saturated heterocycles. The Morgan fingerprint density at radius 2 is 2.18 bits per heavy atom. The fourth-order valence-electron chi connectivity index (χ4n) is 1.12. The summed E-state index contributed by atoms with van der Waals surface area (Å²) in [7, 11) is 0. The van der Waals surface area contributed by atoms with Gasteiger partial charge < -0.3 is 0 Å². The maximum Gasteiger partial charge on any atom is 0.240 e. The summed E-state index contributed by atoms with van der Waals surface area (Å²) in [4.78, 5) is 10.9. The molecule has 1 fully saturated rings. The molecular weight excluding hydrogens is 154 g/mol. The summed E-state index contributed by atoms with van der Waals surface area (Å²) in [5.74, 6) is 4.37. The topological polar surface area (TPSA) is 55.1 Å². The minimum atomic E-state index is -2.42. The van der Waals surface area contributed by atoms with Crippen molar-refractivity contribution >= 4 is 5.91 Å². The molecule has 0 heterocycles. The Morgan fingerprint density at radius 1 is 1.64 bits per heavy atom. The van der Waals surface area contributed by atoms with Crippen molar-refractivity contribution in [1.82, 2.24) is 5.43 Å². The number of amides is 1. The molecule has 0 atom stereocenters. The Hall–Kier alpha value is -0.710. The molecule has 0 aliphatic heterocycles. The quantitative estimate of drug-likeness (QED) is 0.360. The third kappa shape index (κ3) is 1.65. The minimum absolute atomic E-state index is 0.365. The lowest BCUT2D eigenvalue weighted by Crippen LogP contribution is -2.37. The monoisotopic (exact) mass is 164 g/mol. The van der Waals surface area contributed by atoms with Crippen LogP contribution in [0.4, 0.5) is 8.78 Å². The van der Waals surface area contributed by atoms with Crippen LogP contribution in [0.2, 0.25) is 0 Å². The fraction of sp³-hybridized carbons (Fsp3) is 0.833. The summed E-state index contributed by atoms with van der Waals surface area (Å²) < 4.78 is 23.7. The Morgan fingerprint density at radius 3 is 2.45 bits per heavy atom. The van der Waals surface area contributed by atoms with Crippen molar-refractivity contribution in [2.45, 2.75) is 25.7 Å². The summed E-state index contributed by atoms with van der Waals surface area (Å²) in [5, 5.41) is 0. The normalized spacial score (nSPS) is 20.0. The fourth-order valence-corrected chi connectivity index (χ4v) is 1.12. The Kier molecular flexibility index (Phi) is 2.08. The van der Waals surface area contributed by atoms with E-state index in [1.165, 1.54) is 0 Å². The highest BCUT2D eigenvalue weighted by Gasteiger charge is 2.51. The van der Waals surface area contributed by atoms with Crippen LogP contribution < -0.4 is 11.3 Å². The van der Waals surface area contributed by atoms with Crippen molar-refractivity contribution in [2.24, 2.45) is 11.3 Å².